The molecule has 10 nitrogen and oxygen atoms in total. The van der Waals surface area contributed by atoms with Gasteiger partial charge in [-0.3, -0.25) is 9.59 Å². The van der Waals surface area contributed by atoms with Gasteiger partial charge in [-0.15, -0.1) is 0 Å². The van der Waals surface area contributed by atoms with Crippen LogP contribution in [-0.4, -0.2) is 58.8 Å². The van der Waals surface area contributed by atoms with Crippen molar-refractivity contribution in [3.05, 3.63) is 53.1 Å². The fraction of sp³-hybridized carbons (Fsp3) is 0.516. The number of ether oxygens (including phenoxy) is 2. The van der Waals surface area contributed by atoms with Crippen LogP contribution in [0.2, 0.25) is 0 Å². The highest BCUT2D eigenvalue weighted by Crippen LogP contribution is 2.36. The molecule has 3 unspecified atom stereocenters. The molecule has 0 aliphatic heterocycles. The van der Waals surface area contributed by atoms with Crippen LogP contribution in [0, 0.1) is 0 Å². The van der Waals surface area contributed by atoms with Gasteiger partial charge in [-0.1, -0.05) is 25.8 Å². The molecule has 0 radical (unpaired) electrons. The van der Waals surface area contributed by atoms with Crippen molar-refractivity contribution in [1.29, 1.82) is 0 Å². The van der Waals surface area contributed by atoms with E-state index >= 15 is 0 Å². The van der Waals surface area contributed by atoms with Crippen molar-refractivity contribution in [2.45, 2.75) is 88.2 Å². The van der Waals surface area contributed by atoms with Gasteiger partial charge in [-0.2, -0.15) is 0 Å². The highest BCUT2D eigenvalue weighted by molar-refractivity contribution is 7.90. The summed E-state index contributed by atoms with van der Waals surface area (Å²) in [4.78, 5) is 40.1. The van der Waals surface area contributed by atoms with Gasteiger partial charge in [0.25, 0.3) is 0 Å². The second-order valence-corrected chi connectivity index (χ2v) is 12.8. The Morgan fingerprint density at radius 3 is 2.33 bits per heavy atom. The maximum Gasteiger partial charge on any atom is 0.341 e. The quantitative estimate of drug-likeness (QED) is 0.258. The first-order valence-corrected chi connectivity index (χ1v) is 16.2. The van der Waals surface area contributed by atoms with Crippen LogP contribution < -0.4 is 20.7 Å². The smallest absolute Gasteiger partial charge is 0.341 e. The lowest BCUT2D eigenvalue weighted by Crippen LogP contribution is -2.44. The summed E-state index contributed by atoms with van der Waals surface area (Å²) in [5, 5.41) is 3.07. The van der Waals surface area contributed by atoms with Gasteiger partial charge in [0.05, 0.1) is 25.2 Å². The molecule has 42 heavy (non-hydrogen) atoms. The van der Waals surface area contributed by atoms with Gasteiger partial charge in [-0.05, 0) is 73.6 Å². The number of unbranched alkanes of at least 4 members (excludes halogenated alkanes) is 1. The van der Waals surface area contributed by atoms with E-state index in [0.29, 0.717) is 49.1 Å². The number of hydrogen-bond donors (Lipinski definition) is 2. The second-order valence-electron chi connectivity index (χ2n) is 10.8. The largest absolute Gasteiger partial charge is 0.496 e. The number of fused-ring (bicyclic) bond motifs is 1. The molecule has 2 amide bonds. The predicted octanol–water partition coefficient (Wildman–Crippen LogP) is 4.10. The third-order valence-electron chi connectivity index (χ3n) is 7.79. The van der Waals surface area contributed by atoms with E-state index in [0.717, 1.165) is 36.6 Å². The SMILES string of the molecule is CCCC(CCCCC(=O)NC1c2ccc(OC)c(C(=O)OC)c2CCC1N)N(C(C)=O)c1ccc(S(C)(=O)=O)cc1. The molecule has 1 aliphatic rings. The van der Waals surface area contributed by atoms with Gasteiger partial charge in [0, 0.05) is 37.4 Å². The average molecular weight is 602 g/mol. The van der Waals surface area contributed by atoms with Crippen LogP contribution in [0.3, 0.4) is 0 Å². The van der Waals surface area contributed by atoms with Gasteiger partial charge in [0.1, 0.15) is 11.3 Å². The van der Waals surface area contributed by atoms with Crippen molar-refractivity contribution < 1.29 is 32.3 Å². The molecule has 1 aliphatic carbocycles. The minimum atomic E-state index is -3.34. The Morgan fingerprint density at radius 2 is 1.76 bits per heavy atom. The molecule has 0 saturated carbocycles. The minimum absolute atomic E-state index is 0.0787. The van der Waals surface area contributed by atoms with Crippen molar-refractivity contribution in [3.8, 4) is 5.75 Å². The van der Waals surface area contributed by atoms with Crippen LogP contribution in [0.4, 0.5) is 5.69 Å². The molecule has 0 heterocycles. The van der Waals surface area contributed by atoms with E-state index < -0.39 is 21.8 Å². The highest BCUT2D eigenvalue weighted by atomic mass is 32.2. The molecule has 0 bridgehead atoms. The third-order valence-corrected chi connectivity index (χ3v) is 8.92. The number of sulfone groups is 1. The van der Waals surface area contributed by atoms with E-state index in [9.17, 15) is 22.8 Å². The second kappa shape index (κ2) is 14.6. The van der Waals surface area contributed by atoms with Crippen LogP contribution in [0.25, 0.3) is 0 Å². The Morgan fingerprint density at radius 1 is 1.07 bits per heavy atom. The van der Waals surface area contributed by atoms with Crippen LogP contribution in [0.15, 0.2) is 41.3 Å². The molecule has 2 aromatic carbocycles. The summed E-state index contributed by atoms with van der Waals surface area (Å²) in [5.74, 6) is -0.317. The van der Waals surface area contributed by atoms with Gasteiger partial charge in [-0.25, -0.2) is 13.2 Å². The third kappa shape index (κ3) is 7.89. The van der Waals surface area contributed by atoms with E-state index in [4.69, 9.17) is 15.2 Å². The van der Waals surface area contributed by atoms with Crippen molar-refractivity contribution in [1.82, 2.24) is 5.32 Å². The summed E-state index contributed by atoms with van der Waals surface area (Å²) in [6.45, 7) is 3.56. The normalized spacial score (nSPS) is 17.1. The number of nitrogens with one attached hydrogen (secondary N) is 1. The number of carbonyl (C=O) groups is 3. The van der Waals surface area contributed by atoms with E-state index in [1.807, 2.05) is 6.07 Å². The Kier molecular flexibility index (Phi) is 11.5. The van der Waals surface area contributed by atoms with Gasteiger partial charge < -0.3 is 25.4 Å². The van der Waals surface area contributed by atoms with Crippen molar-refractivity contribution in [3.63, 3.8) is 0 Å². The first-order chi connectivity index (χ1) is 19.9. The summed E-state index contributed by atoms with van der Waals surface area (Å²) < 4.78 is 34.1. The Bertz CT molecular complexity index is 1380. The number of methoxy groups -OCH3 is 2. The highest BCUT2D eigenvalue weighted by Gasteiger charge is 2.33. The standard InChI is InChI=1S/C31H43N3O7S/c1-6-9-21(34(20(2)35)22-12-14-23(15-13-22)42(5,38)39)10-7-8-11-28(36)33-30-25-17-19-27(40-3)29(31(37)41-4)24(25)16-18-26(30)32/h12-15,17,19,21,26,30H,6-11,16,18,32H2,1-5H3,(H,33,36). The number of nitrogens with two attached hydrogens (primary N) is 1. The maximum atomic E-state index is 13.0. The maximum absolute atomic E-state index is 13.0. The van der Waals surface area contributed by atoms with E-state index in [2.05, 4.69) is 12.2 Å². The molecular formula is C31H43N3O7S. The molecule has 0 saturated heterocycles. The average Bonchev–Trinajstić information content (AvgIpc) is 2.95. The molecule has 3 N–H and O–H groups in total. The number of rotatable bonds is 13. The molecular weight excluding hydrogens is 558 g/mol. The van der Waals surface area contributed by atoms with Crippen LogP contribution in [-0.2, 0) is 30.6 Å². The monoisotopic (exact) mass is 601 g/mol. The van der Waals surface area contributed by atoms with Gasteiger partial charge in [0.15, 0.2) is 9.84 Å². The Balaban J connectivity index is 1.65. The number of benzene rings is 2. The summed E-state index contributed by atoms with van der Waals surface area (Å²) in [6, 6.07) is 9.10. The summed E-state index contributed by atoms with van der Waals surface area (Å²) in [5.41, 5.74) is 9.01. The number of anilines is 1. The Labute approximate surface area is 248 Å². The van der Waals surface area contributed by atoms with Gasteiger partial charge >= 0.3 is 5.97 Å². The number of carbonyl (C=O) groups excluding carboxylic acids is 3. The first-order valence-electron chi connectivity index (χ1n) is 14.4. The number of hydrogen-bond acceptors (Lipinski definition) is 8. The number of amides is 2. The topological polar surface area (TPSA) is 145 Å². The lowest BCUT2D eigenvalue weighted by molar-refractivity contribution is -0.122. The van der Waals surface area contributed by atoms with Crippen molar-refractivity contribution in [2.75, 3.05) is 25.4 Å². The number of esters is 1. The van der Waals surface area contributed by atoms with Crippen molar-refractivity contribution >= 4 is 33.3 Å². The summed E-state index contributed by atoms with van der Waals surface area (Å²) in [6.07, 6.45) is 6.30. The minimum Gasteiger partial charge on any atom is -0.496 e. The first kappa shape index (κ1) is 33.1. The summed E-state index contributed by atoms with van der Waals surface area (Å²) in [7, 11) is -0.517. The Hall–Kier alpha value is -3.44. The van der Waals surface area contributed by atoms with Crippen LogP contribution >= 0.6 is 0 Å². The van der Waals surface area contributed by atoms with E-state index in [1.165, 1.54) is 33.3 Å². The zero-order chi connectivity index (χ0) is 31.0. The zero-order valence-electron chi connectivity index (χ0n) is 25.1. The summed E-state index contributed by atoms with van der Waals surface area (Å²) >= 11 is 0. The van der Waals surface area contributed by atoms with Gasteiger partial charge in [0.2, 0.25) is 11.8 Å². The molecule has 0 aromatic heterocycles. The zero-order valence-corrected chi connectivity index (χ0v) is 26.0. The molecule has 3 atom stereocenters. The molecule has 11 heteroatoms. The van der Waals surface area contributed by atoms with Crippen molar-refractivity contribution in [2.24, 2.45) is 5.73 Å². The van der Waals surface area contributed by atoms with Crippen LogP contribution in [0.1, 0.15) is 86.3 Å². The van der Waals surface area contributed by atoms with Crippen LogP contribution in [0.5, 0.6) is 5.75 Å². The molecule has 0 fully saturated rings. The fourth-order valence-electron chi connectivity index (χ4n) is 5.74. The van der Waals surface area contributed by atoms with E-state index in [1.54, 1.807) is 23.1 Å². The molecule has 230 valence electrons. The van der Waals surface area contributed by atoms with E-state index in [-0.39, 0.29) is 28.8 Å². The molecule has 0 spiro atoms. The molecule has 3 rings (SSSR count). The lowest BCUT2D eigenvalue weighted by Gasteiger charge is -2.33. The lowest BCUT2D eigenvalue weighted by atomic mass is 9.81. The fourth-order valence-corrected chi connectivity index (χ4v) is 6.37. The predicted molar refractivity (Wildman–Crippen MR) is 161 cm³/mol. The molecule has 2 aromatic rings. The number of nitrogens with zero attached hydrogens (tertiary/aromatic N) is 1.